The molecule has 70 valence electrons. The standard InChI is InChI=1S/C10H14N2O/c11-6-10(7-13-8-10)5-9-3-1-2-4-12-9/h1-4H,5-8,11H2. The van der Waals surface area contributed by atoms with Crippen molar-refractivity contribution in [2.24, 2.45) is 11.1 Å². The van der Waals surface area contributed by atoms with E-state index >= 15 is 0 Å². The molecule has 0 amide bonds. The smallest absolute Gasteiger partial charge is 0.0560 e. The molecule has 1 aliphatic heterocycles. The molecular weight excluding hydrogens is 164 g/mol. The Labute approximate surface area is 77.9 Å². The van der Waals surface area contributed by atoms with Crippen LogP contribution in [0.5, 0.6) is 0 Å². The molecule has 0 unspecified atom stereocenters. The summed E-state index contributed by atoms with van der Waals surface area (Å²) in [5.74, 6) is 0. The fraction of sp³-hybridized carbons (Fsp3) is 0.500. The quantitative estimate of drug-likeness (QED) is 0.737. The first-order chi connectivity index (χ1) is 6.35. The highest BCUT2D eigenvalue weighted by atomic mass is 16.5. The molecule has 0 aromatic carbocycles. The molecule has 1 aromatic rings. The molecule has 1 saturated heterocycles. The van der Waals surface area contributed by atoms with E-state index in [0.717, 1.165) is 25.3 Å². The molecule has 13 heavy (non-hydrogen) atoms. The number of rotatable bonds is 3. The Morgan fingerprint density at radius 3 is 2.77 bits per heavy atom. The molecule has 0 saturated carbocycles. The fourth-order valence-electron chi connectivity index (χ4n) is 1.57. The molecule has 1 fully saturated rings. The highest BCUT2D eigenvalue weighted by Crippen LogP contribution is 2.29. The van der Waals surface area contributed by atoms with Crippen LogP contribution in [0.25, 0.3) is 0 Å². The predicted molar refractivity (Wildman–Crippen MR) is 50.2 cm³/mol. The zero-order chi connectivity index (χ0) is 9.15. The summed E-state index contributed by atoms with van der Waals surface area (Å²) >= 11 is 0. The van der Waals surface area contributed by atoms with Crippen molar-refractivity contribution in [1.29, 1.82) is 0 Å². The first-order valence-electron chi connectivity index (χ1n) is 4.52. The summed E-state index contributed by atoms with van der Waals surface area (Å²) in [6.07, 6.45) is 2.75. The maximum Gasteiger partial charge on any atom is 0.0560 e. The average molecular weight is 178 g/mol. The van der Waals surface area contributed by atoms with Gasteiger partial charge in [-0.2, -0.15) is 0 Å². The third kappa shape index (κ3) is 1.71. The van der Waals surface area contributed by atoms with E-state index in [0.29, 0.717) is 6.54 Å². The van der Waals surface area contributed by atoms with Crippen molar-refractivity contribution < 1.29 is 4.74 Å². The van der Waals surface area contributed by atoms with Crippen molar-refractivity contribution in [2.45, 2.75) is 6.42 Å². The summed E-state index contributed by atoms with van der Waals surface area (Å²) in [6.45, 7) is 2.24. The van der Waals surface area contributed by atoms with E-state index in [1.54, 1.807) is 0 Å². The summed E-state index contributed by atoms with van der Waals surface area (Å²) < 4.78 is 5.19. The van der Waals surface area contributed by atoms with E-state index in [1.165, 1.54) is 0 Å². The van der Waals surface area contributed by atoms with Gasteiger partial charge in [-0.3, -0.25) is 4.98 Å². The molecule has 2 N–H and O–H groups in total. The van der Waals surface area contributed by atoms with Gasteiger partial charge in [0.2, 0.25) is 0 Å². The van der Waals surface area contributed by atoms with Crippen LogP contribution < -0.4 is 5.73 Å². The monoisotopic (exact) mass is 178 g/mol. The lowest BCUT2D eigenvalue weighted by Crippen LogP contribution is -2.49. The Morgan fingerprint density at radius 2 is 2.31 bits per heavy atom. The second-order valence-corrected chi connectivity index (χ2v) is 3.69. The number of ether oxygens (including phenoxy) is 1. The number of hydrogen-bond acceptors (Lipinski definition) is 3. The van der Waals surface area contributed by atoms with Crippen LogP contribution in [0.3, 0.4) is 0 Å². The Morgan fingerprint density at radius 1 is 1.46 bits per heavy atom. The highest BCUT2D eigenvalue weighted by Gasteiger charge is 2.37. The van der Waals surface area contributed by atoms with Crippen LogP contribution in [0.2, 0.25) is 0 Å². The maximum atomic E-state index is 5.71. The van der Waals surface area contributed by atoms with Crippen molar-refractivity contribution in [3.05, 3.63) is 30.1 Å². The van der Waals surface area contributed by atoms with Gasteiger partial charge in [-0.05, 0) is 12.1 Å². The van der Waals surface area contributed by atoms with Crippen LogP contribution in [-0.4, -0.2) is 24.7 Å². The number of nitrogens with zero attached hydrogens (tertiary/aromatic N) is 1. The van der Waals surface area contributed by atoms with Crippen molar-refractivity contribution in [1.82, 2.24) is 4.98 Å². The Hall–Kier alpha value is -0.930. The van der Waals surface area contributed by atoms with Crippen LogP contribution in [0, 0.1) is 5.41 Å². The minimum Gasteiger partial charge on any atom is -0.380 e. The van der Waals surface area contributed by atoms with E-state index in [2.05, 4.69) is 4.98 Å². The zero-order valence-corrected chi connectivity index (χ0v) is 7.57. The first kappa shape index (κ1) is 8.66. The average Bonchev–Trinajstić information content (AvgIpc) is 2.13. The summed E-state index contributed by atoms with van der Waals surface area (Å²) in [7, 11) is 0. The zero-order valence-electron chi connectivity index (χ0n) is 7.57. The van der Waals surface area contributed by atoms with Gasteiger partial charge in [0.1, 0.15) is 0 Å². The molecular formula is C10H14N2O. The summed E-state index contributed by atoms with van der Waals surface area (Å²) in [6, 6.07) is 5.97. The molecule has 2 heterocycles. The van der Waals surface area contributed by atoms with E-state index in [4.69, 9.17) is 10.5 Å². The van der Waals surface area contributed by atoms with Gasteiger partial charge in [-0.1, -0.05) is 6.07 Å². The number of aromatic nitrogens is 1. The molecule has 0 spiro atoms. The summed E-state index contributed by atoms with van der Waals surface area (Å²) in [5, 5.41) is 0. The fourth-order valence-corrected chi connectivity index (χ4v) is 1.57. The van der Waals surface area contributed by atoms with Gasteiger partial charge in [-0.15, -0.1) is 0 Å². The molecule has 0 atom stereocenters. The summed E-state index contributed by atoms with van der Waals surface area (Å²) in [5.41, 5.74) is 6.98. The number of nitrogens with two attached hydrogens (primary N) is 1. The van der Waals surface area contributed by atoms with Gasteiger partial charge in [0, 0.05) is 30.3 Å². The molecule has 0 bridgehead atoms. The molecule has 1 aliphatic rings. The van der Waals surface area contributed by atoms with Crippen LogP contribution in [-0.2, 0) is 11.2 Å². The topological polar surface area (TPSA) is 48.1 Å². The molecule has 0 radical (unpaired) electrons. The van der Waals surface area contributed by atoms with Crippen LogP contribution >= 0.6 is 0 Å². The second-order valence-electron chi connectivity index (χ2n) is 3.69. The van der Waals surface area contributed by atoms with Gasteiger partial charge < -0.3 is 10.5 Å². The maximum absolute atomic E-state index is 5.71. The largest absolute Gasteiger partial charge is 0.380 e. The normalized spacial score (nSPS) is 19.5. The SMILES string of the molecule is NCC1(Cc2ccccn2)COC1. The predicted octanol–water partition coefficient (Wildman–Crippen LogP) is 0.599. The molecule has 0 aliphatic carbocycles. The van der Waals surface area contributed by atoms with Crippen molar-refractivity contribution >= 4 is 0 Å². The van der Waals surface area contributed by atoms with Crippen LogP contribution in [0.15, 0.2) is 24.4 Å². The number of pyridine rings is 1. The second kappa shape index (κ2) is 3.44. The molecule has 2 rings (SSSR count). The third-order valence-electron chi connectivity index (χ3n) is 2.53. The van der Waals surface area contributed by atoms with Crippen molar-refractivity contribution in [3.8, 4) is 0 Å². The van der Waals surface area contributed by atoms with Gasteiger partial charge in [0.25, 0.3) is 0 Å². The Balaban J connectivity index is 2.05. The van der Waals surface area contributed by atoms with E-state index in [1.807, 2.05) is 24.4 Å². The van der Waals surface area contributed by atoms with E-state index in [-0.39, 0.29) is 5.41 Å². The van der Waals surface area contributed by atoms with Gasteiger partial charge in [0.15, 0.2) is 0 Å². The molecule has 1 aromatic heterocycles. The lowest BCUT2D eigenvalue weighted by molar-refractivity contribution is -0.106. The van der Waals surface area contributed by atoms with Gasteiger partial charge in [-0.25, -0.2) is 0 Å². The van der Waals surface area contributed by atoms with Crippen molar-refractivity contribution in [2.75, 3.05) is 19.8 Å². The Kier molecular flexibility index (Phi) is 2.29. The molecule has 3 nitrogen and oxygen atoms in total. The first-order valence-corrected chi connectivity index (χ1v) is 4.52. The van der Waals surface area contributed by atoms with Crippen molar-refractivity contribution in [3.63, 3.8) is 0 Å². The minimum absolute atomic E-state index is 0.161. The van der Waals surface area contributed by atoms with E-state index in [9.17, 15) is 0 Å². The lowest BCUT2D eigenvalue weighted by Gasteiger charge is -2.40. The highest BCUT2D eigenvalue weighted by molar-refractivity contribution is 5.08. The minimum atomic E-state index is 0.161. The molecule has 3 heteroatoms. The number of hydrogen-bond donors (Lipinski definition) is 1. The summed E-state index contributed by atoms with van der Waals surface area (Å²) in [4.78, 5) is 4.28. The Bertz CT molecular complexity index is 264. The van der Waals surface area contributed by atoms with Crippen LogP contribution in [0.1, 0.15) is 5.69 Å². The van der Waals surface area contributed by atoms with E-state index < -0.39 is 0 Å². The van der Waals surface area contributed by atoms with Gasteiger partial charge >= 0.3 is 0 Å². The van der Waals surface area contributed by atoms with Gasteiger partial charge in [0.05, 0.1) is 13.2 Å². The van der Waals surface area contributed by atoms with Crippen LogP contribution in [0.4, 0.5) is 0 Å². The lowest BCUT2D eigenvalue weighted by atomic mass is 9.81. The third-order valence-corrected chi connectivity index (χ3v) is 2.53.